The molecule has 0 radical (unpaired) electrons. The van der Waals surface area contributed by atoms with Crippen LogP contribution in [0.5, 0.6) is 5.75 Å². The number of hydrogen-bond donors (Lipinski definition) is 1. The fourth-order valence-corrected chi connectivity index (χ4v) is 2.39. The number of ether oxygens (including phenoxy) is 1. The lowest BCUT2D eigenvalue weighted by atomic mass is 9.96. The number of nitriles is 1. The molecule has 0 unspecified atom stereocenters. The molecule has 0 aliphatic carbocycles. The molecule has 1 heterocycles. The van der Waals surface area contributed by atoms with Crippen molar-refractivity contribution in [1.82, 2.24) is 4.90 Å². The standard InChI is InChI=1S/C15H19N3O2/c16-11-12-2-1-3-14(10-12)20-9-8-18-6-4-13(5-7-18)15(17)19/h1-3,10,13H,4-9H2,(H2,17,19). The van der Waals surface area contributed by atoms with Crippen molar-refractivity contribution in [2.45, 2.75) is 12.8 Å². The molecule has 0 atom stereocenters. The molecule has 0 bridgehead atoms. The van der Waals surface area contributed by atoms with Gasteiger partial charge in [-0.1, -0.05) is 6.07 Å². The van der Waals surface area contributed by atoms with E-state index in [0.717, 1.165) is 38.2 Å². The van der Waals surface area contributed by atoms with E-state index in [1.54, 1.807) is 12.1 Å². The summed E-state index contributed by atoms with van der Waals surface area (Å²) < 4.78 is 5.64. The van der Waals surface area contributed by atoms with Crippen molar-refractivity contribution in [2.24, 2.45) is 11.7 Å². The summed E-state index contributed by atoms with van der Waals surface area (Å²) in [5.41, 5.74) is 5.91. The molecule has 1 aliphatic heterocycles. The molecule has 1 fully saturated rings. The average molecular weight is 273 g/mol. The maximum atomic E-state index is 11.1. The van der Waals surface area contributed by atoms with Gasteiger partial charge in [0, 0.05) is 12.5 Å². The van der Waals surface area contributed by atoms with Crippen LogP contribution in [0, 0.1) is 17.2 Å². The topological polar surface area (TPSA) is 79.3 Å². The number of hydrogen-bond acceptors (Lipinski definition) is 4. The zero-order chi connectivity index (χ0) is 14.4. The summed E-state index contributed by atoms with van der Waals surface area (Å²) in [5.74, 6) is 0.560. The Bertz CT molecular complexity index is 502. The number of carbonyl (C=O) groups is 1. The first-order valence-electron chi connectivity index (χ1n) is 6.83. The number of rotatable bonds is 5. The van der Waals surface area contributed by atoms with E-state index in [4.69, 9.17) is 15.7 Å². The van der Waals surface area contributed by atoms with Gasteiger partial charge in [-0.25, -0.2) is 0 Å². The van der Waals surface area contributed by atoms with Gasteiger partial charge in [0.1, 0.15) is 12.4 Å². The Morgan fingerprint density at radius 2 is 2.20 bits per heavy atom. The first kappa shape index (κ1) is 14.4. The molecule has 5 nitrogen and oxygen atoms in total. The van der Waals surface area contributed by atoms with Crippen molar-refractivity contribution in [3.63, 3.8) is 0 Å². The van der Waals surface area contributed by atoms with Crippen molar-refractivity contribution in [2.75, 3.05) is 26.2 Å². The molecule has 5 heteroatoms. The van der Waals surface area contributed by atoms with Crippen LogP contribution >= 0.6 is 0 Å². The van der Waals surface area contributed by atoms with Crippen LogP contribution in [0.3, 0.4) is 0 Å². The Balaban J connectivity index is 1.71. The molecule has 2 rings (SSSR count). The predicted octanol–water partition coefficient (Wildman–Crippen LogP) is 1.13. The van der Waals surface area contributed by atoms with Gasteiger partial charge in [-0.15, -0.1) is 0 Å². The van der Waals surface area contributed by atoms with Gasteiger partial charge in [-0.3, -0.25) is 9.69 Å². The van der Waals surface area contributed by atoms with Crippen LogP contribution in [-0.2, 0) is 4.79 Å². The largest absolute Gasteiger partial charge is 0.492 e. The molecule has 1 amide bonds. The molecule has 20 heavy (non-hydrogen) atoms. The number of carbonyl (C=O) groups excluding carboxylic acids is 1. The van der Waals surface area contributed by atoms with Crippen molar-refractivity contribution < 1.29 is 9.53 Å². The second-order valence-electron chi connectivity index (χ2n) is 5.01. The van der Waals surface area contributed by atoms with Gasteiger partial charge in [-0.2, -0.15) is 5.26 Å². The SMILES string of the molecule is N#Cc1cccc(OCCN2CCC(C(N)=O)CC2)c1. The second kappa shape index (κ2) is 6.92. The van der Waals surface area contributed by atoms with E-state index < -0.39 is 0 Å². The molecule has 2 N–H and O–H groups in total. The summed E-state index contributed by atoms with van der Waals surface area (Å²) in [6.07, 6.45) is 1.67. The van der Waals surface area contributed by atoms with E-state index in [1.807, 2.05) is 12.1 Å². The lowest BCUT2D eigenvalue weighted by Gasteiger charge is -2.30. The van der Waals surface area contributed by atoms with Gasteiger partial charge >= 0.3 is 0 Å². The number of primary amides is 1. The zero-order valence-electron chi connectivity index (χ0n) is 11.4. The zero-order valence-corrected chi connectivity index (χ0v) is 11.4. The molecule has 0 saturated carbocycles. The van der Waals surface area contributed by atoms with Crippen LogP contribution in [0.1, 0.15) is 18.4 Å². The normalized spacial score (nSPS) is 16.6. The van der Waals surface area contributed by atoms with Crippen LogP contribution in [-0.4, -0.2) is 37.0 Å². The van der Waals surface area contributed by atoms with Crippen LogP contribution in [0.2, 0.25) is 0 Å². The lowest BCUT2D eigenvalue weighted by molar-refractivity contribution is -0.123. The minimum Gasteiger partial charge on any atom is -0.492 e. The first-order valence-corrected chi connectivity index (χ1v) is 6.83. The van der Waals surface area contributed by atoms with Crippen molar-refractivity contribution in [3.05, 3.63) is 29.8 Å². The molecule has 0 aromatic heterocycles. The quantitative estimate of drug-likeness (QED) is 0.872. The maximum absolute atomic E-state index is 11.1. The summed E-state index contributed by atoms with van der Waals surface area (Å²) >= 11 is 0. The van der Waals surface area contributed by atoms with Gasteiger partial charge < -0.3 is 10.5 Å². The highest BCUT2D eigenvalue weighted by Crippen LogP contribution is 2.17. The number of nitrogens with zero attached hydrogens (tertiary/aromatic N) is 2. The summed E-state index contributed by atoms with van der Waals surface area (Å²) in [7, 11) is 0. The van der Waals surface area contributed by atoms with Gasteiger partial charge in [0.25, 0.3) is 0 Å². The van der Waals surface area contributed by atoms with E-state index in [9.17, 15) is 4.79 Å². The summed E-state index contributed by atoms with van der Waals surface area (Å²) in [6, 6.07) is 9.23. The average Bonchev–Trinajstić information content (AvgIpc) is 2.48. The number of likely N-dealkylation sites (tertiary alicyclic amines) is 1. The fourth-order valence-electron chi connectivity index (χ4n) is 2.39. The predicted molar refractivity (Wildman–Crippen MR) is 75.0 cm³/mol. The number of piperidine rings is 1. The molecule has 1 saturated heterocycles. The summed E-state index contributed by atoms with van der Waals surface area (Å²) in [5, 5.41) is 8.81. The molecule has 1 aromatic carbocycles. The summed E-state index contributed by atoms with van der Waals surface area (Å²) in [4.78, 5) is 13.3. The van der Waals surface area contributed by atoms with Crippen LogP contribution < -0.4 is 10.5 Å². The minimum atomic E-state index is -0.186. The highest BCUT2D eigenvalue weighted by atomic mass is 16.5. The van der Waals surface area contributed by atoms with E-state index in [-0.39, 0.29) is 11.8 Å². The Kier molecular flexibility index (Phi) is 4.97. The number of benzene rings is 1. The lowest BCUT2D eigenvalue weighted by Crippen LogP contribution is -2.40. The smallest absolute Gasteiger partial charge is 0.220 e. The van der Waals surface area contributed by atoms with Crippen molar-refractivity contribution >= 4 is 5.91 Å². The van der Waals surface area contributed by atoms with E-state index in [0.29, 0.717) is 12.2 Å². The fraction of sp³-hybridized carbons (Fsp3) is 0.467. The van der Waals surface area contributed by atoms with Gasteiger partial charge in [-0.05, 0) is 44.1 Å². The second-order valence-corrected chi connectivity index (χ2v) is 5.01. The Morgan fingerprint density at radius 1 is 1.45 bits per heavy atom. The number of nitrogens with two attached hydrogens (primary N) is 1. The molecule has 1 aromatic rings. The van der Waals surface area contributed by atoms with Crippen molar-refractivity contribution in [1.29, 1.82) is 5.26 Å². The summed E-state index contributed by atoms with van der Waals surface area (Å²) in [6.45, 7) is 3.17. The third-order valence-corrected chi connectivity index (χ3v) is 3.63. The van der Waals surface area contributed by atoms with E-state index in [2.05, 4.69) is 11.0 Å². The molecular formula is C15H19N3O2. The highest BCUT2D eigenvalue weighted by Gasteiger charge is 2.22. The molecule has 0 spiro atoms. The third kappa shape index (κ3) is 3.97. The molecule has 1 aliphatic rings. The van der Waals surface area contributed by atoms with Crippen molar-refractivity contribution in [3.8, 4) is 11.8 Å². The first-order chi connectivity index (χ1) is 9.69. The highest BCUT2D eigenvalue weighted by molar-refractivity contribution is 5.76. The third-order valence-electron chi connectivity index (χ3n) is 3.63. The van der Waals surface area contributed by atoms with Gasteiger partial charge in [0.15, 0.2) is 0 Å². The Hall–Kier alpha value is -2.06. The minimum absolute atomic E-state index is 0.0273. The van der Waals surface area contributed by atoms with Crippen LogP contribution in [0.25, 0.3) is 0 Å². The number of amides is 1. The van der Waals surface area contributed by atoms with E-state index in [1.165, 1.54) is 0 Å². The molecular weight excluding hydrogens is 254 g/mol. The van der Waals surface area contributed by atoms with Gasteiger partial charge in [0.05, 0.1) is 11.6 Å². The van der Waals surface area contributed by atoms with Crippen LogP contribution in [0.15, 0.2) is 24.3 Å². The van der Waals surface area contributed by atoms with Gasteiger partial charge in [0.2, 0.25) is 5.91 Å². The van der Waals surface area contributed by atoms with Crippen LogP contribution in [0.4, 0.5) is 0 Å². The monoisotopic (exact) mass is 273 g/mol. The Labute approximate surface area is 118 Å². The maximum Gasteiger partial charge on any atom is 0.220 e. The molecule has 106 valence electrons. The van der Waals surface area contributed by atoms with E-state index >= 15 is 0 Å². The Morgan fingerprint density at radius 3 is 2.85 bits per heavy atom.